The second-order valence-electron chi connectivity index (χ2n) is 5.64. The summed E-state index contributed by atoms with van der Waals surface area (Å²) in [7, 11) is 4.01. The second kappa shape index (κ2) is 4.46. The fourth-order valence-corrected chi connectivity index (χ4v) is 1.96. The van der Waals surface area contributed by atoms with Crippen LogP contribution in [0.1, 0.15) is 37.5 Å². The van der Waals surface area contributed by atoms with Gasteiger partial charge in [0.2, 0.25) is 0 Å². The summed E-state index contributed by atoms with van der Waals surface area (Å²) in [5, 5.41) is 9.85. The van der Waals surface area contributed by atoms with Crippen LogP contribution in [0.4, 0.5) is 0 Å². The van der Waals surface area contributed by atoms with E-state index < -0.39 is 0 Å². The Bertz CT molecular complexity index is 375. The molecule has 1 radical (unpaired) electrons. The van der Waals surface area contributed by atoms with E-state index >= 15 is 0 Å². The summed E-state index contributed by atoms with van der Waals surface area (Å²) in [5.74, 6) is 0.277. The number of rotatable bonds is 2. The molecule has 0 saturated heterocycles. The number of hydrogen-bond donors (Lipinski definition) is 1. The largest absolute Gasteiger partial charge is 0.507 e. The predicted molar refractivity (Wildman–Crippen MR) is 67.8 cm³/mol. The Morgan fingerprint density at radius 2 is 1.88 bits per heavy atom. The molecule has 1 aromatic carbocycles. The molecule has 89 valence electrons. The molecule has 1 aromatic rings. The van der Waals surface area contributed by atoms with Crippen LogP contribution in [0, 0.1) is 13.0 Å². The first-order valence-electron chi connectivity index (χ1n) is 5.62. The molecule has 0 unspecified atom stereocenters. The van der Waals surface area contributed by atoms with Crippen molar-refractivity contribution in [3.63, 3.8) is 0 Å². The smallest absolute Gasteiger partial charge is 0.128 e. The first kappa shape index (κ1) is 13.0. The summed E-state index contributed by atoms with van der Waals surface area (Å²) in [6.45, 7) is 9.37. The molecule has 0 saturated carbocycles. The first-order chi connectivity index (χ1) is 7.23. The monoisotopic (exact) mass is 220 g/mol. The molecule has 0 bridgehead atoms. The number of benzene rings is 1. The maximum atomic E-state index is 9.85. The van der Waals surface area contributed by atoms with Crippen LogP contribution in [0.25, 0.3) is 0 Å². The summed E-state index contributed by atoms with van der Waals surface area (Å²) in [6, 6.07) is 4.86. The SMILES string of the molecule is Cc1c(C(C)(C)C)c[c]c(O)c1CN(C)C. The summed E-state index contributed by atoms with van der Waals surface area (Å²) in [5.41, 5.74) is 3.51. The zero-order valence-corrected chi connectivity index (χ0v) is 11.2. The van der Waals surface area contributed by atoms with Gasteiger partial charge in [-0.3, -0.25) is 0 Å². The molecule has 0 aliphatic carbocycles. The Morgan fingerprint density at radius 3 is 2.31 bits per heavy atom. The molecule has 0 aromatic heterocycles. The van der Waals surface area contributed by atoms with Crippen LogP contribution in [-0.2, 0) is 12.0 Å². The lowest BCUT2D eigenvalue weighted by molar-refractivity contribution is 0.383. The van der Waals surface area contributed by atoms with Crippen molar-refractivity contribution < 1.29 is 5.11 Å². The van der Waals surface area contributed by atoms with E-state index in [1.807, 2.05) is 20.2 Å². The number of phenolic OH excluding ortho intramolecular Hbond substituents is 1. The fraction of sp³-hybridized carbons (Fsp3) is 0.571. The highest BCUT2D eigenvalue weighted by Crippen LogP contribution is 2.31. The average molecular weight is 220 g/mol. The third-order valence-corrected chi connectivity index (χ3v) is 2.78. The van der Waals surface area contributed by atoms with Crippen molar-refractivity contribution in [2.24, 2.45) is 0 Å². The molecule has 0 fully saturated rings. The molecule has 0 heterocycles. The fourth-order valence-electron chi connectivity index (χ4n) is 1.96. The summed E-state index contributed by atoms with van der Waals surface area (Å²) >= 11 is 0. The van der Waals surface area contributed by atoms with Crippen molar-refractivity contribution in [2.45, 2.75) is 39.7 Å². The van der Waals surface area contributed by atoms with Crippen LogP contribution in [0.2, 0.25) is 0 Å². The summed E-state index contributed by atoms with van der Waals surface area (Å²) < 4.78 is 0. The molecular formula is C14H22NO. The molecular weight excluding hydrogens is 198 g/mol. The van der Waals surface area contributed by atoms with E-state index in [1.165, 1.54) is 11.1 Å². The standard InChI is InChI=1S/C14H22NO/c1-10-11(9-15(5)6)13(16)8-7-12(10)14(2,3)4/h7,16H,9H2,1-6H3. The minimum absolute atomic E-state index is 0.0926. The molecule has 0 aliphatic heterocycles. The molecule has 0 aliphatic rings. The molecule has 1 N–H and O–H groups in total. The maximum Gasteiger partial charge on any atom is 0.128 e. The zero-order chi connectivity index (χ0) is 12.5. The van der Waals surface area contributed by atoms with Crippen molar-refractivity contribution in [1.82, 2.24) is 4.90 Å². The normalized spacial score (nSPS) is 12.2. The maximum absolute atomic E-state index is 9.85. The second-order valence-corrected chi connectivity index (χ2v) is 5.64. The van der Waals surface area contributed by atoms with Crippen molar-refractivity contribution >= 4 is 0 Å². The number of nitrogens with zero attached hydrogens (tertiary/aromatic N) is 1. The van der Waals surface area contributed by atoms with E-state index in [1.54, 1.807) is 0 Å². The first-order valence-corrected chi connectivity index (χ1v) is 5.62. The number of phenols is 1. The van der Waals surface area contributed by atoms with Crippen LogP contribution < -0.4 is 0 Å². The van der Waals surface area contributed by atoms with E-state index in [0.29, 0.717) is 0 Å². The van der Waals surface area contributed by atoms with Gasteiger partial charge >= 0.3 is 0 Å². The lowest BCUT2D eigenvalue weighted by Crippen LogP contribution is -2.17. The third kappa shape index (κ3) is 2.76. The molecule has 0 atom stereocenters. The predicted octanol–water partition coefficient (Wildman–Crippen LogP) is 2.86. The number of aromatic hydroxyl groups is 1. The van der Waals surface area contributed by atoms with Crippen LogP contribution >= 0.6 is 0 Å². The van der Waals surface area contributed by atoms with Gasteiger partial charge in [0, 0.05) is 18.2 Å². The quantitative estimate of drug-likeness (QED) is 0.828. The van der Waals surface area contributed by atoms with Crippen LogP contribution in [0.15, 0.2) is 6.07 Å². The van der Waals surface area contributed by atoms with Gasteiger partial charge in [0.05, 0.1) is 0 Å². The van der Waals surface area contributed by atoms with Gasteiger partial charge in [-0.15, -0.1) is 0 Å². The van der Waals surface area contributed by atoms with Crippen molar-refractivity contribution in [1.29, 1.82) is 0 Å². The van der Waals surface area contributed by atoms with Gasteiger partial charge in [-0.1, -0.05) is 20.8 Å². The van der Waals surface area contributed by atoms with Gasteiger partial charge in [-0.2, -0.15) is 0 Å². The van der Waals surface area contributed by atoms with Gasteiger partial charge in [-0.25, -0.2) is 0 Å². The molecule has 2 nitrogen and oxygen atoms in total. The van der Waals surface area contributed by atoms with Crippen molar-refractivity contribution in [3.05, 3.63) is 28.8 Å². The Labute approximate surface area is 98.9 Å². The summed E-state index contributed by atoms with van der Waals surface area (Å²) in [4.78, 5) is 2.06. The van der Waals surface area contributed by atoms with Gasteiger partial charge in [0.25, 0.3) is 0 Å². The Kier molecular flexibility index (Phi) is 3.64. The minimum atomic E-state index is 0.0926. The molecule has 1 rings (SSSR count). The molecule has 16 heavy (non-hydrogen) atoms. The van der Waals surface area contributed by atoms with Gasteiger partial charge < -0.3 is 10.0 Å². The third-order valence-electron chi connectivity index (χ3n) is 2.78. The average Bonchev–Trinajstić information content (AvgIpc) is 2.09. The number of hydrogen-bond acceptors (Lipinski definition) is 2. The van der Waals surface area contributed by atoms with Crippen LogP contribution in [0.5, 0.6) is 5.75 Å². The van der Waals surface area contributed by atoms with Crippen LogP contribution in [0.3, 0.4) is 0 Å². The summed E-state index contributed by atoms with van der Waals surface area (Å²) in [6.07, 6.45) is 0. The van der Waals surface area contributed by atoms with E-state index in [2.05, 4.69) is 38.7 Å². The van der Waals surface area contributed by atoms with E-state index in [9.17, 15) is 5.11 Å². The van der Waals surface area contributed by atoms with E-state index in [-0.39, 0.29) is 11.2 Å². The van der Waals surface area contributed by atoms with Crippen molar-refractivity contribution in [3.8, 4) is 5.75 Å². The van der Waals surface area contributed by atoms with Gasteiger partial charge in [0.15, 0.2) is 0 Å². The zero-order valence-electron chi connectivity index (χ0n) is 11.2. The highest BCUT2D eigenvalue weighted by Gasteiger charge is 2.19. The lowest BCUT2D eigenvalue weighted by atomic mass is 9.82. The minimum Gasteiger partial charge on any atom is -0.507 e. The van der Waals surface area contributed by atoms with Gasteiger partial charge in [-0.05, 0) is 43.6 Å². The molecule has 0 spiro atoms. The van der Waals surface area contributed by atoms with E-state index in [4.69, 9.17) is 0 Å². The van der Waals surface area contributed by atoms with Crippen molar-refractivity contribution in [2.75, 3.05) is 14.1 Å². The highest BCUT2D eigenvalue weighted by atomic mass is 16.3. The van der Waals surface area contributed by atoms with E-state index in [0.717, 1.165) is 12.1 Å². The topological polar surface area (TPSA) is 23.5 Å². The lowest BCUT2D eigenvalue weighted by Gasteiger charge is -2.24. The Balaban J connectivity index is 3.27. The Hall–Kier alpha value is -1.02. The van der Waals surface area contributed by atoms with Gasteiger partial charge in [0.1, 0.15) is 5.75 Å². The Morgan fingerprint density at radius 1 is 1.31 bits per heavy atom. The highest BCUT2D eigenvalue weighted by molar-refractivity contribution is 5.45. The molecule has 2 heteroatoms. The van der Waals surface area contributed by atoms with Crippen LogP contribution in [-0.4, -0.2) is 24.1 Å². The molecule has 0 amide bonds.